The van der Waals surface area contributed by atoms with Gasteiger partial charge in [-0.05, 0) is 13.8 Å². The lowest BCUT2D eigenvalue weighted by Crippen LogP contribution is -2.19. The Morgan fingerprint density at radius 2 is 2.54 bits per heavy atom. The average molecular weight is 261 g/mol. The number of rotatable bonds is 4. The van der Waals surface area contributed by atoms with E-state index >= 15 is 0 Å². The molecule has 0 spiro atoms. The molecule has 0 amide bonds. The lowest BCUT2D eigenvalue weighted by molar-refractivity contribution is 0.621. The van der Waals surface area contributed by atoms with Crippen molar-refractivity contribution in [1.82, 2.24) is 10.3 Å². The third kappa shape index (κ3) is 3.21. The second-order valence-corrected chi connectivity index (χ2v) is 4.93. The van der Waals surface area contributed by atoms with E-state index in [1.807, 2.05) is 12.4 Å². The maximum atomic E-state index is 4.21. The fourth-order valence-corrected chi connectivity index (χ4v) is 2.08. The summed E-state index contributed by atoms with van der Waals surface area (Å²) >= 11 is 5.01. The second kappa shape index (κ2) is 4.88. The van der Waals surface area contributed by atoms with Crippen LogP contribution in [0.15, 0.2) is 16.6 Å². The van der Waals surface area contributed by atoms with Crippen molar-refractivity contribution in [2.75, 3.05) is 6.54 Å². The van der Waals surface area contributed by atoms with E-state index in [1.54, 1.807) is 11.3 Å². The van der Waals surface area contributed by atoms with E-state index in [2.05, 4.69) is 39.7 Å². The summed E-state index contributed by atoms with van der Waals surface area (Å²) in [7, 11) is 0. The van der Waals surface area contributed by atoms with E-state index < -0.39 is 0 Å². The van der Waals surface area contributed by atoms with Crippen LogP contribution in [0.2, 0.25) is 0 Å². The molecule has 1 aromatic rings. The quantitative estimate of drug-likeness (QED) is 0.901. The van der Waals surface area contributed by atoms with Crippen molar-refractivity contribution in [2.24, 2.45) is 0 Å². The van der Waals surface area contributed by atoms with Crippen LogP contribution in [0.1, 0.15) is 23.5 Å². The van der Waals surface area contributed by atoms with Crippen molar-refractivity contribution in [3.8, 4) is 0 Å². The van der Waals surface area contributed by atoms with Crippen LogP contribution in [0.25, 0.3) is 0 Å². The number of hydrogen-bond donors (Lipinski definition) is 1. The summed E-state index contributed by atoms with van der Waals surface area (Å²) in [6, 6.07) is 0.349. The predicted octanol–water partition coefficient (Wildman–Crippen LogP) is 3.01. The van der Waals surface area contributed by atoms with Gasteiger partial charge in [-0.3, -0.25) is 0 Å². The maximum Gasteiger partial charge on any atom is 0.0798 e. The fraction of sp³-hybridized carbons (Fsp3) is 0.444. The predicted molar refractivity (Wildman–Crippen MR) is 61.3 cm³/mol. The molecule has 1 aromatic heterocycles. The van der Waals surface area contributed by atoms with Gasteiger partial charge in [0.25, 0.3) is 0 Å². The highest BCUT2D eigenvalue weighted by molar-refractivity contribution is 9.11. The zero-order valence-electron chi connectivity index (χ0n) is 7.80. The van der Waals surface area contributed by atoms with Gasteiger partial charge in [-0.15, -0.1) is 11.3 Å². The van der Waals surface area contributed by atoms with Crippen LogP contribution in [0, 0.1) is 6.92 Å². The van der Waals surface area contributed by atoms with E-state index in [4.69, 9.17) is 0 Å². The molecule has 0 aliphatic rings. The summed E-state index contributed by atoms with van der Waals surface area (Å²) in [5.41, 5.74) is 3.00. The topological polar surface area (TPSA) is 24.9 Å². The smallest absolute Gasteiger partial charge is 0.0798 e. The summed E-state index contributed by atoms with van der Waals surface area (Å²) in [6.07, 6.45) is 0. The monoisotopic (exact) mass is 260 g/mol. The molecule has 0 aliphatic carbocycles. The third-order valence-electron chi connectivity index (χ3n) is 1.78. The van der Waals surface area contributed by atoms with Gasteiger partial charge >= 0.3 is 0 Å². The van der Waals surface area contributed by atoms with E-state index in [0.717, 1.165) is 16.7 Å². The zero-order chi connectivity index (χ0) is 9.84. The van der Waals surface area contributed by atoms with Crippen LogP contribution in [-0.2, 0) is 0 Å². The van der Waals surface area contributed by atoms with Gasteiger partial charge in [-0.25, -0.2) is 4.98 Å². The first-order valence-corrected chi connectivity index (χ1v) is 5.75. The van der Waals surface area contributed by atoms with Gasteiger partial charge in [-0.2, -0.15) is 0 Å². The van der Waals surface area contributed by atoms with Gasteiger partial charge in [0.2, 0.25) is 0 Å². The van der Waals surface area contributed by atoms with Gasteiger partial charge in [0.1, 0.15) is 0 Å². The van der Waals surface area contributed by atoms with Crippen molar-refractivity contribution >= 4 is 27.3 Å². The Morgan fingerprint density at radius 3 is 3.00 bits per heavy atom. The van der Waals surface area contributed by atoms with Crippen LogP contribution < -0.4 is 5.32 Å². The largest absolute Gasteiger partial charge is 0.305 e. The molecular weight excluding hydrogens is 248 g/mol. The maximum absolute atomic E-state index is 4.21. The van der Waals surface area contributed by atoms with Crippen LogP contribution >= 0.6 is 27.3 Å². The Morgan fingerprint density at radius 1 is 1.85 bits per heavy atom. The van der Waals surface area contributed by atoms with Crippen LogP contribution in [-0.4, -0.2) is 11.5 Å². The molecule has 13 heavy (non-hydrogen) atoms. The van der Waals surface area contributed by atoms with Gasteiger partial charge in [0.15, 0.2) is 0 Å². The lowest BCUT2D eigenvalue weighted by atomic mass is 10.2. The molecule has 0 saturated carbocycles. The van der Waals surface area contributed by atoms with Gasteiger partial charge < -0.3 is 5.32 Å². The molecule has 0 radical (unpaired) electrons. The molecule has 1 atom stereocenters. The van der Waals surface area contributed by atoms with Crippen molar-refractivity contribution in [3.05, 3.63) is 27.1 Å². The molecule has 1 rings (SSSR count). The molecular formula is C9H13BrN2S. The molecule has 0 aromatic carbocycles. The van der Waals surface area contributed by atoms with E-state index in [9.17, 15) is 0 Å². The molecule has 0 aliphatic heterocycles. The standard InChI is InChI=1S/C9H13BrN2S/c1-6(10)4-11-7(2)9-8(3)12-5-13-9/h5,7,11H,1,4H2,2-3H3. The number of nitrogens with zero attached hydrogens (tertiary/aromatic N) is 1. The Kier molecular flexibility index (Phi) is 4.09. The first-order chi connectivity index (χ1) is 6.11. The first kappa shape index (κ1) is 10.9. The number of thiazole rings is 1. The zero-order valence-corrected chi connectivity index (χ0v) is 10.2. The molecule has 2 nitrogen and oxygen atoms in total. The van der Waals surface area contributed by atoms with Crippen LogP contribution in [0.3, 0.4) is 0 Å². The Bertz CT molecular complexity index is 296. The minimum absolute atomic E-state index is 0.349. The van der Waals surface area contributed by atoms with E-state index in [0.29, 0.717) is 6.04 Å². The third-order valence-corrected chi connectivity index (χ3v) is 3.17. The Labute approximate surface area is 91.2 Å². The minimum Gasteiger partial charge on any atom is -0.305 e. The molecule has 72 valence electrons. The summed E-state index contributed by atoms with van der Waals surface area (Å²) < 4.78 is 0.974. The van der Waals surface area contributed by atoms with E-state index in [1.165, 1.54) is 4.88 Å². The van der Waals surface area contributed by atoms with Gasteiger partial charge in [0, 0.05) is 21.9 Å². The SMILES string of the molecule is C=C(Br)CNC(C)c1scnc1C. The summed E-state index contributed by atoms with van der Waals surface area (Å²) in [4.78, 5) is 5.51. The molecule has 0 bridgehead atoms. The summed E-state index contributed by atoms with van der Waals surface area (Å²) in [6.45, 7) is 8.73. The Balaban J connectivity index is 2.53. The molecule has 1 unspecified atom stereocenters. The normalized spacial score (nSPS) is 12.8. The summed E-state index contributed by atoms with van der Waals surface area (Å²) in [5, 5.41) is 3.35. The van der Waals surface area contributed by atoms with Crippen molar-refractivity contribution < 1.29 is 0 Å². The highest BCUT2D eigenvalue weighted by atomic mass is 79.9. The molecule has 1 N–H and O–H groups in total. The number of nitrogens with one attached hydrogen (secondary N) is 1. The number of aryl methyl sites for hydroxylation is 1. The minimum atomic E-state index is 0.349. The highest BCUT2D eigenvalue weighted by Gasteiger charge is 2.09. The molecule has 0 saturated heterocycles. The van der Waals surface area contributed by atoms with Gasteiger partial charge in [0.05, 0.1) is 11.2 Å². The number of aromatic nitrogens is 1. The molecule has 1 heterocycles. The van der Waals surface area contributed by atoms with Crippen LogP contribution in [0.4, 0.5) is 0 Å². The first-order valence-electron chi connectivity index (χ1n) is 4.08. The van der Waals surface area contributed by atoms with Gasteiger partial charge in [-0.1, -0.05) is 22.5 Å². The fourth-order valence-electron chi connectivity index (χ4n) is 1.08. The van der Waals surface area contributed by atoms with Crippen molar-refractivity contribution in [2.45, 2.75) is 19.9 Å². The number of halogens is 1. The van der Waals surface area contributed by atoms with Crippen molar-refractivity contribution in [3.63, 3.8) is 0 Å². The summed E-state index contributed by atoms with van der Waals surface area (Å²) in [5.74, 6) is 0. The average Bonchev–Trinajstić information content (AvgIpc) is 2.47. The molecule has 4 heteroatoms. The van der Waals surface area contributed by atoms with Crippen LogP contribution in [0.5, 0.6) is 0 Å². The lowest BCUT2D eigenvalue weighted by Gasteiger charge is -2.11. The highest BCUT2D eigenvalue weighted by Crippen LogP contribution is 2.21. The number of hydrogen-bond acceptors (Lipinski definition) is 3. The Hall–Kier alpha value is -0.190. The van der Waals surface area contributed by atoms with Crippen molar-refractivity contribution in [1.29, 1.82) is 0 Å². The second-order valence-electron chi connectivity index (χ2n) is 2.92. The molecule has 0 fully saturated rings. The van der Waals surface area contributed by atoms with E-state index in [-0.39, 0.29) is 0 Å².